The Bertz CT molecular complexity index is 149. The monoisotopic (exact) mass is 211 g/mol. The number of hydrogen-bond donors (Lipinski definition) is 1. The van der Waals surface area contributed by atoms with E-state index in [4.69, 9.17) is 0 Å². The van der Waals surface area contributed by atoms with Gasteiger partial charge in [0.2, 0.25) is 0 Å². The molecule has 1 aliphatic rings. The first-order valence-electron chi connectivity index (χ1n) is 6.92. The Hall–Kier alpha value is -0.0400. The van der Waals surface area contributed by atoms with Crippen molar-refractivity contribution in [1.29, 1.82) is 0 Å². The Kier molecular flexibility index (Phi) is 6.31. The minimum atomic E-state index is 0.745. The molecule has 1 unspecified atom stereocenters. The molecule has 1 N–H and O–H groups in total. The molecule has 0 heterocycles. The maximum absolute atomic E-state index is 3.66. The molecule has 0 radical (unpaired) electrons. The number of nitrogens with one attached hydrogen (secondary N) is 1. The molecule has 1 fully saturated rings. The second-order valence-corrected chi connectivity index (χ2v) is 5.78. The van der Waals surface area contributed by atoms with Crippen LogP contribution in [0, 0.1) is 11.8 Å². The first kappa shape index (κ1) is 13.0. The third-order valence-electron chi connectivity index (χ3n) is 3.61. The van der Waals surface area contributed by atoms with Crippen LogP contribution in [0.3, 0.4) is 0 Å². The molecule has 1 rings (SSSR count). The van der Waals surface area contributed by atoms with Gasteiger partial charge >= 0.3 is 0 Å². The van der Waals surface area contributed by atoms with E-state index < -0.39 is 0 Å². The summed E-state index contributed by atoms with van der Waals surface area (Å²) in [7, 11) is 0. The molecule has 0 spiro atoms. The van der Waals surface area contributed by atoms with Gasteiger partial charge in [0.1, 0.15) is 0 Å². The highest BCUT2D eigenvalue weighted by Gasteiger charge is 2.19. The summed E-state index contributed by atoms with van der Waals surface area (Å²) < 4.78 is 0. The van der Waals surface area contributed by atoms with Crippen molar-refractivity contribution in [2.75, 3.05) is 6.54 Å². The summed E-state index contributed by atoms with van der Waals surface area (Å²) in [5, 5.41) is 3.66. The van der Waals surface area contributed by atoms with Crippen LogP contribution in [-0.4, -0.2) is 12.6 Å². The van der Waals surface area contributed by atoms with Crippen LogP contribution in [0.15, 0.2) is 0 Å². The van der Waals surface area contributed by atoms with Crippen LogP contribution in [-0.2, 0) is 0 Å². The molecule has 15 heavy (non-hydrogen) atoms. The van der Waals surface area contributed by atoms with Crippen molar-refractivity contribution in [2.24, 2.45) is 11.8 Å². The Morgan fingerprint density at radius 2 is 1.87 bits per heavy atom. The van der Waals surface area contributed by atoms with Crippen LogP contribution in [0.1, 0.15) is 65.7 Å². The summed E-state index contributed by atoms with van der Waals surface area (Å²) in [6.45, 7) is 8.20. The Balaban J connectivity index is 1.85. The fraction of sp³-hybridized carbons (Fsp3) is 1.00. The fourth-order valence-electron chi connectivity index (χ4n) is 2.34. The number of hydrogen-bond acceptors (Lipinski definition) is 1. The zero-order valence-electron chi connectivity index (χ0n) is 10.9. The van der Waals surface area contributed by atoms with Gasteiger partial charge in [0.05, 0.1) is 0 Å². The van der Waals surface area contributed by atoms with Gasteiger partial charge in [0.15, 0.2) is 0 Å². The smallest absolute Gasteiger partial charge is 0.00413 e. The van der Waals surface area contributed by atoms with E-state index in [9.17, 15) is 0 Å². The standard InChI is InChI=1S/C14H29N/c1-12(2)7-4-5-10-15-13(3)11-14-8-6-9-14/h12-15H,4-11H2,1-3H3. The molecular weight excluding hydrogens is 182 g/mol. The maximum Gasteiger partial charge on any atom is 0.00413 e. The molecule has 1 atom stereocenters. The lowest BCUT2D eigenvalue weighted by molar-refractivity contribution is 0.265. The van der Waals surface area contributed by atoms with Gasteiger partial charge in [-0.2, -0.15) is 0 Å². The average Bonchev–Trinajstić information content (AvgIpc) is 2.10. The van der Waals surface area contributed by atoms with Crippen molar-refractivity contribution >= 4 is 0 Å². The highest BCUT2D eigenvalue weighted by molar-refractivity contribution is 4.74. The van der Waals surface area contributed by atoms with Crippen molar-refractivity contribution in [2.45, 2.75) is 71.8 Å². The summed E-state index contributed by atoms with van der Waals surface area (Å²) in [6, 6.07) is 0.745. The van der Waals surface area contributed by atoms with E-state index in [1.165, 1.54) is 51.5 Å². The molecule has 1 heteroatoms. The molecule has 1 nitrogen and oxygen atoms in total. The van der Waals surface area contributed by atoms with Gasteiger partial charge in [0.25, 0.3) is 0 Å². The van der Waals surface area contributed by atoms with Crippen LogP contribution in [0.25, 0.3) is 0 Å². The number of unbranched alkanes of at least 4 members (excludes halogenated alkanes) is 1. The fourth-order valence-corrected chi connectivity index (χ4v) is 2.34. The minimum absolute atomic E-state index is 0.745. The average molecular weight is 211 g/mol. The van der Waals surface area contributed by atoms with Gasteiger partial charge in [-0.25, -0.2) is 0 Å². The molecule has 0 saturated heterocycles. The Morgan fingerprint density at radius 3 is 2.40 bits per heavy atom. The van der Waals surface area contributed by atoms with Gasteiger partial charge in [-0.1, -0.05) is 46.0 Å². The molecule has 0 aromatic heterocycles. The number of rotatable bonds is 8. The predicted molar refractivity (Wildman–Crippen MR) is 68.1 cm³/mol. The molecule has 0 aliphatic heterocycles. The van der Waals surface area contributed by atoms with Gasteiger partial charge in [-0.05, 0) is 38.1 Å². The van der Waals surface area contributed by atoms with Crippen molar-refractivity contribution in [3.05, 3.63) is 0 Å². The summed E-state index contributed by atoms with van der Waals surface area (Å²) in [5.74, 6) is 1.92. The molecule has 0 aromatic carbocycles. The summed E-state index contributed by atoms with van der Waals surface area (Å²) in [5.41, 5.74) is 0. The van der Waals surface area contributed by atoms with E-state index in [1.54, 1.807) is 0 Å². The van der Waals surface area contributed by atoms with Crippen molar-refractivity contribution in [1.82, 2.24) is 5.32 Å². The van der Waals surface area contributed by atoms with E-state index in [0.29, 0.717) is 0 Å². The lowest BCUT2D eigenvalue weighted by atomic mass is 9.81. The van der Waals surface area contributed by atoms with E-state index in [2.05, 4.69) is 26.1 Å². The topological polar surface area (TPSA) is 12.0 Å². The summed E-state index contributed by atoms with van der Waals surface area (Å²) >= 11 is 0. The lowest BCUT2D eigenvalue weighted by Crippen LogP contribution is -2.30. The van der Waals surface area contributed by atoms with Gasteiger partial charge < -0.3 is 5.32 Å². The third kappa shape index (κ3) is 6.19. The Morgan fingerprint density at radius 1 is 1.13 bits per heavy atom. The maximum atomic E-state index is 3.66. The zero-order valence-corrected chi connectivity index (χ0v) is 10.9. The second-order valence-electron chi connectivity index (χ2n) is 5.78. The van der Waals surface area contributed by atoms with E-state index in [1.807, 2.05) is 0 Å². The first-order valence-corrected chi connectivity index (χ1v) is 6.92. The lowest BCUT2D eigenvalue weighted by Gasteiger charge is -2.28. The Labute approximate surface area is 96.0 Å². The molecule has 0 aromatic rings. The van der Waals surface area contributed by atoms with E-state index in [0.717, 1.165) is 17.9 Å². The largest absolute Gasteiger partial charge is 0.314 e. The van der Waals surface area contributed by atoms with Crippen LogP contribution >= 0.6 is 0 Å². The minimum Gasteiger partial charge on any atom is -0.314 e. The highest BCUT2D eigenvalue weighted by Crippen LogP contribution is 2.30. The quantitative estimate of drug-likeness (QED) is 0.599. The SMILES string of the molecule is CC(C)CCCCNC(C)CC1CCC1. The van der Waals surface area contributed by atoms with Gasteiger partial charge in [-0.3, -0.25) is 0 Å². The predicted octanol–water partition coefficient (Wildman–Crippen LogP) is 3.98. The van der Waals surface area contributed by atoms with Gasteiger partial charge in [0, 0.05) is 6.04 Å². The van der Waals surface area contributed by atoms with Crippen LogP contribution in [0.2, 0.25) is 0 Å². The highest BCUT2D eigenvalue weighted by atomic mass is 14.9. The van der Waals surface area contributed by atoms with Crippen molar-refractivity contribution in [3.63, 3.8) is 0 Å². The molecule has 0 bridgehead atoms. The normalized spacial score (nSPS) is 19.2. The molecule has 1 saturated carbocycles. The molecule has 90 valence electrons. The molecular formula is C14H29N. The summed E-state index contributed by atoms with van der Waals surface area (Å²) in [4.78, 5) is 0. The van der Waals surface area contributed by atoms with Crippen molar-refractivity contribution in [3.8, 4) is 0 Å². The second kappa shape index (κ2) is 7.27. The summed E-state index contributed by atoms with van der Waals surface area (Å²) in [6.07, 6.45) is 9.99. The van der Waals surface area contributed by atoms with Crippen LogP contribution in [0.5, 0.6) is 0 Å². The van der Waals surface area contributed by atoms with Gasteiger partial charge in [-0.15, -0.1) is 0 Å². The molecule has 1 aliphatic carbocycles. The molecule has 0 amide bonds. The zero-order chi connectivity index (χ0) is 11.1. The van der Waals surface area contributed by atoms with E-state index >= 15 is 0 Å². The third-order valence-corrected chi connectivity index (χ3v) is 3.61. The van der Waals surface area contributed by atoms with Crippen molar-refractivity contribution < 1.29 is 0 Å². The first-order chi connectivity index (χ1) is 7.18. The van der Waals surface area contributed by atoms with Crippen LogP contribution < -0.4 is 5.32 Å². The van der Waals surface area contributed by atoms with Crippen LogP contribution in [0.4, 0.5) is 0 Å². The van der Waals surface area contributed by atoms with E-state index in [-0.39, 0.29) is 0 Å².